The summed E-state index contributed by atoms with van der Waals surface area (Å²) in [5, 5.41) is 5.35. The molecule has 1 aromatic heterocycles. The van der Waals surface area contributed by atoms with Gasteiger partial charge in [0.2, 0.25) is 5.91 Å². The van der Waals surface area contributed by atoms with Crippen molar-refractivity contribution >= 4 is 44.6 Å². The van der Waals surface area contributed by atoms with E-state index in [0.29, 0.717) is 6.54 Å². The van der Waals surface area contributed by atoms with E-state index in [0.717, 1.165) is 61.2 Å². The molecule has 2 aromatic rings. The molecular weight excluding hydrogens is 468 g/mol. The van der Waals surface area contributed by atoms with Gasteiger partial charge < -0.3 is 10.2 Å². The molecular formula is C22H31ClN4O3S2. The van der Waals surface area contributed by atoms with E-state index in [-0.39, 0.29) is 16.0 Å². The van der Waals surface area contributed by atoms with Gasteiger partial charge in [-0.15, -0.1) is 11.3 Å². The van der Waals surface area contributed by atoms with Crippen LogP contribution in [0.1, 0.15) is 20.3 Å². The molecule has 0 spiro atoms. The molecule has 1 amide bonds. The number of benzene rings is 1. The molecule has 1 aliphatic heterocycles. The molecule has 0 radical (unpaired) electrons. The number of thiophene rings is 1. The molecule has 0 saturated carbocycles. The molecule has 32 heavy (non-hydrogen) atoms. The number of halogens is 1. The summed E-state index contributed by atoms with van der Waals surface area (Å²) in [5.41, 5.74) is 1.15. The van der Waals surface area contributed by atoms with E-state index in [1.165, 1.54) is 6.07 Å². The third-order valence-electron chi connectivity index (χ3n) is 5.49. The Morgan fingerprint density at radius 1 is 1.16 bits per heavy atom. The van der Waals surface area contributed by atoms with Gasteiger partial charge >= 0.3 is 0 Å². The van der Waals surface area contributed by atoms with E-state index in [4.69, 9.17) is 11.6 Å². The van der Waals surface area contributed by atoms with Crippen LogP contribution in [0.2, 0.25) is 5.02 Å². The Labute approximate surface area is 199 Å². The highest BCUT2D eigenvalue weighted by Crippen LogP contribution is 2.21. The summed E-state index contributed by atoms with van der Waals surface area (Å²) in [4.78, 5) is 17.4. The van der Waals surface area contributed by atoms with Gasteiger partial charge in [-0.3, -0.25) is 9.69 Å². The van der Waals surface area contributed by atoms with Crippen molar-refractivity contribution in [3.8, 4) is 0 Å². The quantitative estimate of drug-likeness (QED) is 0.492. The Morgan fingerprint density at radius 2 is 1.91 bits per heavy atom. The zero-order chi connectivity index (χ0) is 23.1. The maximum atomic E-state index is 12.6. The van der Waals surface area contributed by atoms with Crippen molar-refractivity contribution in [3.05, 3.63) is 46.8 Å². The summed E-state index contributed by atoms with van der Waals surface area (Å²) >= 11 is 7.23. The maximum absolute atomic E-state index is 12.6. The minimum atomic E-state index is -3.70. The predicted octanol–water partition coefficient (Wildman–Crippen LogP) is 3.03. The fourth-order valence-electron chi connectivity index (χ4n) is 3.66. The summed E-state index contributed by atoms with van der Waals surface area (Å²) in [6.45, 7) is 8.85. The van der Waals surface area contributed by atoms with Crippen molar-refractivity contribution in [2.75, 3.05) is 44.2 Å². The molecule has 1 fully saturated rings. The smallest absolute Gasteiger partial charge is 0.250 e. The van der Waals surface area contributed by atoms with Gasteiger partial charge in [-0.2, -0.15) is 4.72 Å². The largest absolute Gasteiger partial charge is 0.369 e. The average Bonchev–Trinajstić information content (AvgIpc) is 3.31. The van der Waals surface area contributed by atoms with Crippen LogP contribution in [-0.2, 0) is 14.8 Å². The van der Waals surface area contributed by atoms with Gasteiger partial charge in [0, 0.05) is 43.4 Å². The van der Waals surface area contributed by atoms with Crippen LogP contribution in [0.4, 0.5) is 5.69 Å². The van der Waals surface area contributed by atoms with Crippen LogP contribution in [0.3, 0.4) is 0 Å². The zero-order valence-corrected chi connectivity index (χ0v) is 20.8. The summed E-state index contributed by atoms with van der Waals surface area (Å²) in [6.07, 6.45) is 0.811. The van der Waals surface area contributed by atoms with E-state index in [1.807, 2.05) is 32.0 Å². The number of piperazine rings is 1. The Balaban J connectivity index is 1.40. The molecule has 2 heterocycles. The van der Waals surface area contributed by atoms with Crippen molar-refractivity contribution in [2.24, 2.45) is 5.92 Å². The number of sulfonamides is 1. The van der Waals surface area contributed by atoms with Crippen molar-refractivity contribution in [2.45, 2.75) is 30.5 Å². The second kappa shape index (κ2) is 11.5. The number of amides is 1. The third-order valence-corrected chi connectivity index (χ3v) is 8.56. The van der Waals surface area contributed by atoms with Crippen molar-refractivity contribution in [3.63, 3.8) is 0 Å². The van der Waals surface area contributed by atoms with E-state index < -0.39 is 16.1 Å². The number of nitrogens with zero attached hydrogens (tertiary/aromatic N) is 2. The van der Waals surface area contributed by atoms with Crippen molar-refractivity contribution in [1.82, 2.24) is 14.9 Å². The Morgan fingerprint density at radius 3 is 2.53 bits per heavy atom. The van der Waals surface area contributed by atoms with Gasteiger partial charge in [0.15, 0.2) is 0 Å². The molecule has 176 valence electrons. The molecule has 1 saturated heterocycles. The van der Waals surface area contributed by atoms with Gasteiger partial charge in [-0.05, 0) is 48.5 Å². The predicted molar refractivity (Wildman–Crippen MR) is 131 cm³/mol. The molecule has 1 aromatic carbocycles. The average molecular weight is 499 g/mol. The molecule has 1 aliphatic rings. The number of anilines is 1. The molecule has 0 unspecified atom stereocenters. The Bertz CT molecular complexity index is 975. The lowest BCUT2D eigenvalue weighted by atomic mass is 10.1. The Hall–Kier alpha value is -1.65. The van der Waals surface area contributed by atoms with Crippen LogP contribution < -0.4 is 14.9 Å². The number of rotatable bonds is 10. The third kappa shape index (κ3) is 6.92. The van der Waals surface area contributed by atoms with Gasteiger partial charge in [-0.1, -0.05) is 37.6 Å². The minimum absolute atomic E-state index is 0.163. The monoisotopic (exact) mass is 498 g/mol. The summed E-state index contributed by atoms with van der Waals surface area (Å²) in [7, 11) is -3.70. The van der Waals surface area contributed by atoms with Crippen LogP contribution in [0.25, 0.3) is 0 Å². The van der Waals surface area contributed by atoms with Crippen LogP contribution in [0, 0.1) is 5.92 Å². The molecule has 0 aliphatic carbocycles. The molecule has 10 heteroatoms. The van der Waals surface area contributed by atoms with Crippen molar-refractivity contribution < 1.29 is 13.2 Å². The van der Waals surface area contributed by atoms with Crippen LogP contribution in [-0.4, -0.2) is 64.5 Å². The Kier molecular flexibility index (Phi) is 8.95. The lowest BCUT2D eigenvalue weighted by Gasteiger charge is -2.36. The lowest BCUT2D eigenvalue weighted by Crippen LogP contribution is -2.50. The number of hydrogen-bond acceptors (Lipinski definition) is 6. The SMILES string of the molecule is CC(C)[C@H](NS(=O)(=O)c1cccs1)C(=O)NCCCN1CCN(c2cccc(Cl)c2)CC1. The number of carbonyl (C=O) groups excluding carboxylic acids is 1. The van der Waals surface area contributed by atoms with Crippen LogP contribution >= 0.6 is 22.9 Å². The van der Waals surface area contributed by atoms with Gasteiger partial charge in [0.05, 0.1) is 0 Å². The van der Waals surface area contributed by atoms with Crippen molar-refractivity contribution in [1.29, 1.82) is 0 Å². The molecule has 1 atom stereocenters. The number of hydrogen-bond donors (Lipinski definition) is 2. The second-order valence-electron chi connectivity index (χ2n) is 8.23. The van der Waals surface area contributed by atoms with Crippen LogP contribution in [0.15, 0.2) is 46.0 Å². The first-order valence-corrected chi connectivity index (χ1v) is 13.6. The first kappa shape index (κ1) is 25.0. The summed E-state index contributed by atoms with van der Waals surface area (Å²) in [6, 6.07) is 10.3. The minimum Gasteiger partial charge on any atom is -0.369 e. The van der Waals surface area contributed by atoms with E-state index in [9.17, 15) is 13.2 Å². The number of nitrogens with one attached hydrogen (secondary N) is 2. The van der Waals surface area contributed by atoms with Gasteiger partial charge in [0.25, 0.3) is 10.0 Å². The topological polar surface area (TPSA) is 81.7 Å². The lowest BCUT2D eigenvalue weighted by molar-refractivity contribution is -0.123. The van der Waals surface area contributed by atoms with Gasteiger partial charge in [-0.25, -0.2) is 8.42 Å². The fraction of sp³-hybridized carbons (Fsp3) is 0.500. The van der Waals surface area contributed by atoms with E-state index >= 15 is 0 Å². The van der Waals surface area contributed by atoms with E-state index in [2.05, 4.69) is 25.9 Å². The highest BCUT2D eigenvalue weighted by Gasteiger charge is 2.28. The highest BCUT2D eigenvalue weighted by atomic mass is 35.5. The standard InChI is InChI=1S/C22H31ClN4O3S2/c1-17(2)21(25-32(29,30)20-8-4-15-31-20)22(28)24-9-5-10-26-11-13-27(14-12-26)19-7-3-6-18(23)16-19/h3-4,6-8,15-17,21,25H,5,9-14H2,1-2H3,(H,24,28)/t21-/m0/s1. The number of carbonyl (C=O) groups is 1. The summed E-state index contributed by atoms with van der Waals surface area (Å²) < 4.78 is 27.8. The normalized spacial score (nSPS) is 16.3. The molecule has 2 N–H and O–H groups in total. The first-order valence-electron chi connectivity index (χ1n) is 10.8. The molecule has 3 rings (SSSR count). The molecule has 7 nitrogen and oxygen atoms in total. The van der Waals surface area contributed by atoms with Gasteiger partial charge in [0.1, 0.15) is 10.3 Å². The summed E-state index contributed by atoms with van der Waals surface area (Å²) in [5.74, 6) is -0.449. The molecule has 0 bridgehead atoms. The highest BCUT2D eigenvalue weighted by molar-refractivity contribution is 7.91. The zero-order valence-electron chi connectivity index (χ0n) is 18.5. The fourth-order valence-corrected chi connectivity index (χ4v) is 6.20. The van der Waals surface area contributed by atoms with Crippen LogP contribution in [0.5, 0.6) is 0 Å². The maximum Gasteiger partial charge on any atom is 0.250 e. The second-order valence-corrected chi connectivity index (χ2v) is 11.6. The van der Waals surface area contributed by atoms with E-state index in [1.54, 1.807) is 11.4 Å². The first-order chi connectivity index (χ1) is 15.3.